The molecule has 0 aromatic carbocycles. The summed E-state index contributed by atoms with van der Waals surface area (Å²) in [7, 11) is 0. The second kappa shape index (κ2) is 17.3. The quantitative estimate of drug-likeness (QED) is 0.170. The van der Waals surface area contributed by atoms with Crippen LogP contribution in [0.4, 0.5) is 0 Å². The van der Waals surface area contributed by atoms with E-state index in [9.17, 15) is 0 Å². The van der Waals surface area contributed by atoms with Gasteiger partial charge in [-0.1, -0.05) is 90.5 Å². The van der Waals surface area contributed by atoms with Crippen LogP contribution in [0.1, 0.15) is 112 Å². The Morgan fingerprint density at radius 1 is 0.750 bits per heavy atom. The molecule has 1 N–H and O–H groups in total. The fourth-order valence-electron chi connectivity index (χ4n) is 3.67. The van der Waals surface area contributed by atoms with Crippen molar-refractivity contribution in [2.45, 2.75) is 117 Å². The van der Waals surface area contributed by atoms with Crippen molar-refractivity contribution in [2.75, 3.05) is 26.2 Å². The zero-order valence-electron chi connectivity index (χ0n) is 20.2. The van der Waals surface area contributed by atoms with Gasteiger partial charge in [-0.25, -0.2) is 0 Å². The molecule has 1 atom stereocenters. The van der Waals surface area contributed by atoms with Gasteiger partial charge in [0.2, 0.25) is 0 Å². The van der Waals surface area contributed by atoms with Gasteiger partial charge in [0.05, 0.1) is 0 Å². The van der Waals surface area contributed by atoms with Gasteiger partial charge in [0, 0.05) is 18.6 Å². The minimum Gasteiger partial charge on any atom is -0.308 e. The zero-order chi connectivity index (χ0) is 21.3. The minimum atomic E-state index is 0.0764. The lowest BCUT2D eigenvalue weighted by Gasteiger charge is -2.34. The molecule has 2 nitrogen and oxygen atoms in total. The van der Waals surface area contributed by atoms with E-state index >= 15 is 0 Å². The van der Waals surface area contributed by atoms with Crippen LogP contribution in [0.15, 0.2) is 24.3 Å². The maximum absolute atomic E-state index is 4.50. The number of hydrogen-bond acceptors (Lipinski definition) is 2. The average Bonchev–Trinajstić information content (AvgIpc) is 2.69. The van der Waals surface area contributed by atoms with Gasteiger partial charge in [-0.05, 0) is 58.5 Å². The summed E-state index contributed by atoms with van der Waals surface area (Å²) in [5.74, 6) is 0. The Balaban J connectivity index is 4.44. The van der Waals surface area contributed by atoms with Crippen LogP contribution in [0, 0.1) is 0 Å². The van der Waals surface area contributed by atoms with Crippen molar-refractivity contribution in [3.8, 4) is 0 Å². The van der Waals surface area contributed by atoms with Gasteiger partial charge in [0.1, 0.15) is 0 Å². The van der Waals surface area contributed by atoms with Crippen LogP contribution >= 0.6 is 0 Å². The summed E-state index contributed by atoms with van der Waals surface area (Å²) >= 11 is 0. The molecule has 0 saturated heterocycles. The van der Waals surface area contributed by atoms with Gasteiger partial charge >= 0.3 is 0 Å². The molecular formula is C26H52N2. The van der Waals surface area contributed by atoms with E-state index in [-0.39, 0.29) is 5.54 Å². The Hall–Kier alpha value is -0.600. The van der Waals surface area contributed by atoms with E-state index in [0.717, 1.165) is 38.9 Å². The predicted octanol–water partition coefficient (Wildman–Crippen LogP) is 7.51. The molecule has 0 bridgehead atoms. The van der Waals surface area contributed by atoms with Gasteiger partial charge in [0.15, 0.2) is 0 Å². The maximum atomic E-state index is 4.50. The lowest BCUT2D eigenvalue weighted by atomic mass is 9.87. The van der Waals surface area contributed by atoms with Crippen LogP contribution in [0.3, 0.4) is 0 Å². The molecular weight excluding hydrogens is 340 g/mol. The monoisotopic (exact) mass is 392 g/mol. The molecule has 0 aliphatic heterocycles. The van der Waals surface area contributed by atoms with Gasteiger partial charge in [0.25, 0.3) is 0 Å². The SMILES string of the molecule is C=C(CCC)CCN(CCCC)CCC(=C)C(C)(CC)NCCCCCCC. The van der Waals surface area contributed by atoms with E-state index in [1.165, 1.54) is 75.5 Å². The Morgan fingerprint density at radius 2 is 1.39 bits per heavy atom. The van der Waals surface area contributed by atoms with E-state index in [4.69, 9.17) is 0 Å². The minimum absolute atomic E-state index is 0.0764. The van der Waals surface area contributed by atoms with Crippen LogP contribution in [0.2, 0.25) is 0 Å². The molecule has 0 heterocycles. The molecule has 0 aliphatic rings. The molecule has 166 valence electrons. The molecule has 0 radical (unpaired) electrons. The van der Waals surface area contributed by atoms with Gasteiger partial charge < -0.3 is 10.2 Å². The lowest BCUT2D eigenvalue weighted by molar-refractivity contribution is 0.266. The van der Waals surface area contributed by atoms with Crippen molar-refractivity contribution in [1.82, 2.24) is 10.2 Å². The van der Waals surface area contributed by atoms with Gasteiger partial charge in [-0.3, -0.25) is 0 Å². The van der Waals surface area contributed by atoms with Crippen LogP contribution in [0.5, 0.6) is 0 Å². The van der Waals surface area contributed by atoms with Gasteiger partial charge in [-0.2, -0.15) is 0 Å². The van der Waals surface area contributed by atoms with Gasteiger partial charge in [-0.15, -0.1) is 0 Å². The Kier molecular flexibility index (Phi) is 16.9. The number of nitrogens with one attached hydrogen (secondary N) is 1. The highest BCUT2D eigenvalue weighted by Gasteiger charge is 2.24. The standard InChI is InChI=1S/C26H52N2/c1-8-12-14-15-16-20-27-26(7,11-4)25(6)19-23-28(21-13-9-2)22-18-24(5)17-10-3/h27H,5-6,8-23H2,1-4,7H3. The summed E-state index contributed by atoms with van der Waals surface area (Å²) in [5, 5.41) is 3.82. The molecule has 0 rings (SSSR count). The molecule has 1 unspecified atom stereocenters. The molecule has 0 aromatic heterocycles. The molecule has 0 spiro atoms. The first-order chi connectivity index (χ1) is 13.4. The van der Waals surface area contributed by atoms with Crippen LogP contribution in [-0.2, 0) is 0 Å². The summed E-state index contributed by atoms with van der Waals surface area (Å²) < 4.78 is 0. The molecule has 0 saturated carbocycles. The molecule has 0 amide bonds. The molecule has 28 heavy (non-hydrogen) atoms. The molecule has 2 heteroatoms. The smallest absolute Gasteiger partial charge is 0.0360 e. The highest BCUT2D eigenvalue weighted by molar-refractivity contribution is 5.15. The summed E-state index contributed by atoms with van der Waals surface area (Å²) in [6.07, 6.45) is 15.0. The molecule has 0 fully saturated rings. The van der Waals surface area contributed by atoms with Crippen molar-refractivity contribution < 1.29 is 0 Å². The van der Waals surface area contributed by atoms with E-state index in [0.29, 0.717) is 0 Å². The van der Waals surface area contributed by atoms with Crippen molar-refractivity contribution in [3.05, 3.63) is 24.3 Å². The number of rotatable bonds is 20. The van der Waals surface area contributed by atoms with Crippen LogP contribution in [-0.4, -0.2) is 36.6 Å². The largest absolute Gasteiger partial charge is 0.308 e. The topological polar surface area (TPSA) is 15.3 Å². The fraction of sp³-hybridized carbons (Fsp3) is 0.846. The normalized spacial score (nSPS) is 13.6. The highest BCUT2D eigenvalue weighted by Crippen LogP contribution is 2.23. The van der Waals surface area contributed by atoms with Crippen LogP contribution in [0.25, 0.3) is 0 Å². The molecule has 0 aromatic rings. The average molecular weight is 393 g/mol. The first-order valence-electron chi connectivity index (χ1n) is 12.3. The third-order valence-electron chi connectivity index (χ3n) is 6.23. The summed E-state index contributed by atoms with van der Waals surface area (Å²) in [5.41, 5.74) is 2.86. The summed E-state index contributed by atoms with van der Waals surface area (Å²) in [4.78, 5) is 2.64. The first-order valence-corrected chi connectivity index (χ1v) is 12.3. The molecule has 0 aliphatic carbocycles. The van der Waals surface area contributed by atoms with Crippen molar-refractivity contribution in [3.63, 3.8) is 0 Å². The third-order valence-corrected chi connectivity index (χ3v) is 6.23. The Bertz CT molecular complexity index is 401. The maximum Gasteiger partial charge on any atom is 0.0360 e. The second-order valence-corrected chi connectivity index (χ2v) is 8.83. The number of nitrogens with zero attached hydrogens (tertiary/aromatic N) is 1. The van der Waals surface area contributed by atoms with E-state index < -0.39 is 0 Å². The summed E-state index contributed by atoms with van der Waals surface area (Å²) in [6, 6.07) is 0. The lowest BCUT2D eigenvalue weighted by Crippen LogP contribution is -2.44. The van der Waals surface area contributed by atoms with E-state index in [1.54, 1.807) is 0 Å². The highest BCUT2D eigenvalue weighted by atomic mass is 15.1. The first kappa shape index (κ1) is 27.4. The number of hydrogen-bond donors (Lipinski definition) is 1. The Morgan fingerprint density at radius 3 is 2.00 bits per heavy atom. The van der Waals surface area contributed by atoms with Crippen LogP contribution < -0.4 is 5.32 Å². The second-order valence-electron chi connectivity index (χ2n) is 8.83. The van der Waals surface area contributed by atoms with E-state index in [2.05, 4.69) is 58.0 Å². The zero-order valence-corrected chi connectivity index (χ0v) is 20.2. The predicted molar refractivity (Wildman–Crippen MR) is 129 cm³/mol. The van der Waals surface area contributed by atoms with Crippen molar-refractivity contribution in [1.29, 1.82) is 0 Å². The third kappa shape index (κ3) is 12.8. The Labute approximate surface area is 178 Å². The van der Waals surface area contributed by atoms with Crippen molar-refractivity contribution in [2.24, 2.45) is 0 Å². The summed E-state index contributed by atoms with van der Waals surface area (Å²) in [6.45, 7) is 24.8. The fourth-order valence-corrected chi connectivity index (χ4v) is 3.67. The number of unbranched alkanes of at least 4 members (excludes halogenated alkanes) is 5. The van der Waals surface area contributed by atoms with Crippen molar-refractivity contribution >= 4 is 0 Å². The van der Waals surface area contributed by atoms with E-state index in [1.807, 2.05) is 0 Å².